The van der Waals surface area contributed by atoms with E-state index in [0.29, 0.717) is 11.0 Å². The van der Waals surface area contributed by atoms with Crippen LogP contribution in [-0.2, 0) is 12.8 Å². The summed E-state index contributed by atoms with van der Waals surface area (Å²) in [5.74, 6) is 0.541. The summed E-state index contributed by atoms with van der Waals surface area (Å²) in [6.07, 6.45) is 2.97. The van der Waals surface area contributed by atoms with Crippen molar-refractivity contribution in [3.8, 4) is 10.7 Å². The lowest BCUT2D eigenvalue weighted by Gasteiger charge is -2.03. The predicted molar refractivity (Wildman–Crippen MR) is 62.3 cm³/mol. The van der Waals surface area contributed by atoms with Gasteiger partial charge in [0, 0.05) is 11.3 Å². The van der Waals surface area contributed by atoms with Crippen molar-refractivity contribution in [2.24, 2.45) is 0 Å². The monoisotopic (exact) mass is 254 g/mol. The first kappa shape index (κ1) is 10.2. The quantitative estimate of drug-likeness (QED) is 0.728. The van der Waals surface area contributed by atoms with E-state index in [2.05, 4.69) is 9.97 Å². The molecule has 2 nitrogen and oxygen atoms in total. The third-order valence-electron chi connectivity index (χ3n) is 2.68. The number of aromatic nitrogens is 2. The smallest absolute Gasteiger partial charge is 0.177 e. The Bertz CT molecular complexity index is 553. The third-order valence-corrected chi connectivity index (χ3v) is 3.86. The Morgan fingerprint density at radius 3 is 2.88 bits per heavy atom. The SMILES string of the molecule is Fc1ccc(-c2nc(Cl)c3c(n2)CCC3)s1. The molecule has 2 aromatic heterocycles. The summed E-state index contributed by atoms with van der Waals surface area (Å²) in [4.78, 5) is 9.40. The van der Waals surface area contributed by atoms with Crippen LogP contribution < -0.4 is 0 Å². The number of halogens is 2. The second-order valence-corrected chi connectivity index (χ2v) is 5.11. The zero-order valence-electron chi connectivity index (χ0n) is 8.33. The Hall–Kier alpha value is -1.00. The van der Waals surface area contributed by atoms with Crippen LogP contribution in [0.15, 0.2) is 12.1 Å². The van der Waals surface area contributed by atoms with Crippen LogP contribution in [0.25, 0.3) is 10.7 Å². The van der Waals surface area contributed by atoms with E-state index < -0.39 is 0 Å². The molecule has 2 aromatic rings. The number of rotatable bonds is 1. The molecular weight excluding hydrogens is 247 g/mol. The van der Waals surface area contributed by atoms with E-state index >= 15 is 0 Å². The Morgan fingerprint density at radius 1 is 1.25 bits per heavy atom. The number of thiophene rings is 1. The molecule has 0 saturated carbocycles. The number of hydrogen-bond acceptors (Lipinski definition) is 3. The standard InChI is InChI=1S/C11H8ClFN2S/c12-10-6-2-1-3-7(6)14-11(15-10)8-4-5-9(13)16-8/h4-5H,1-3H2. The largest absolute Gasteiger partial charge is 0.232 e. The van der Waals surface area contributed by atoms with Crippen LogP contribution in [0.1, 0.15) is 17.7 Å². The average molecular weight is 255 g/mol. The van der Waals surface area contributed by atoms with Crippen molar-refractivity contribution in [2.45, 2.75) is 19.3 Å². The first-order valence-corrected chi connectivity index (χ1v) is 6.24. The summed E-state index contributed by atoms with van der Waals surface area (Å²) in [5.41, 5.74) is 2.08. The number of fused-ring (bicyclic) bond motifs is 1. The zero-order chi connectivity index (χ0) is 11.1. The minimum atomic E-state index is -0.227. The van der Waals surface area contributed by atoms with Crippen LogP contribution in [0.2, 0.25) is 5.15 Å². The highest BCUT2D eigenvalue weighted by molar-refractivity contribution is 7.13. The van der Waals surface area contributed by atoms with Crippen LogP contribution in [0.3, 0.4) is 0 Å². The van der Waals surface area contributed by atoms with Gasteiger partial charge in [0.25, 0.3) is 0 Å². The minimum Gasteiger partial charge on any atom is -0.232 e. The van der Waals surface area contributed by atoms with Gasteiger partial charge < -0.3 is 0 Å². The normalized spacial score (nSPS) is 14.1. The van der Waals surface area contributed by atoms with Crippen LogP contribution in [0.4, 0.5) is 4.39 Å². The fourth-order valence-electron chi connectivity index (χ4n) is 1.93. The lowest BCUT2D eigenvalue weighted by molar-refractivity contribution is 0.657. The fraction of sp³-hybridized carbons (Fsp3) is 0.273. The van der Waals surface area contributed by atoms with Gasteiger partial charge in [-0.25, -0.2) is 9.97 Å². The molecule has 0 amide bonds. The van der Waals surface area contributed by atoms with Crippen molar-refractivity contribution in [3.05, 3.63) is 33.7 Å². The summed E-state index contributed by atoms with van der Waals surface area (Å²) in [6, 6.07) is 3.11. The van der Waals surface area contributed by atoms with Gasteiger partial charge in [0.1, 0.15) is 5.15 Å². The Morgan fingerprint density at radius 2 is 2.12 bits per heavy atom. The molecule has 0 bridgehead atoms. The molecule has 16 heavy (non-hydrogen) atoms. The van der Waals surface area contributed by atoms with Crippen molar-refractivity contribution in [2.75, 3.05) is 0 Å². The highest BCUT2D eigenvalue weighted by Crippen LogP contribution is 2.31. The van der Waals surface area contributed by atoms with Crippen molar-refractivity contribution in [3.63, 3.8) is 0 Å². The first-order chi connectivity index (χ1) is 7.74. The van der Waals surface area contributed by atoms with E-state index in [1.165, 1.54) is 6.07 Å². The molecule has 2 heterocycles. The minimum absolute atomic E-state index is 0.227. The van der Waals surface area contributed by atoms with Gasteiger partial charge in [-0.3, -0.25) is 0 Å². The molecular formula is C11H8ClFN2S. The maximum absolute atomic E-state index is 12.9. The fourth-order valence-corrected chi connectivity index (χ4v) is 2.88. The number of nitrogens with zero attached hydrogens (tertiary/aromatic N) is 2. The van der Waals surface area contributed by atoms with Gasteiger partial charge >= 0.3 is 0 Å². The first-order valence-electron chi connectivity index (χ1n) is 5.05. The van der Waals surface area contributed by atoms with Gasteiger partial charge in [-0.05, 0) is 31.4 Å². The molecule has 1 aliphatic rings. The Kier molecular flexibility index (Phi) is 2.41. The summed E-state index contributed by atoms with van der Waals surface area (Å²) >= 11 is 7.14. The molecule has 0 fully saturated rings. The molecule has 0 atom stereocenters. The van der Waals surface area contributed by atoms with Crippen molar-refractivity contribution in [1.29, 1.82) is 0 Å². The third kappa shape index (κ3) is 1.62. The predicted octanol–water partition coefficient (Wildman–Crippen LogP) is 3.49. The van der Waals surface area contributed by atoms with E-state index in [1.54, 1.807) is 6.07 Å². The van der Waals surface area contributed by atoms with Crippen LogP contribution >= 0.6 is 22.9 Å². The Balaban J connectivity index is 2.12. The van der Waals surface area contributed by atoms with E-state index in [0.717, 1.165) is 46.7 Å². The molecule has 0 N–H and O–H groups in total. The van der Waals surface area contributed by atoms with Crippen molar-refractivity contribution < 1.29 is 4.39 Å². The molecule has 5 heteroatoms. The maximum Gasteiger partial charge on any atom is 0.177 e. The van der Waals surface area contributed by atoms with Crippen LogP contribution in [0.5, 0.6) is 0 Å². The summed E-state index contributed by atoms with van der Waals surface area (Å²) < 4.78 is 12.9. The topological polar surface area (TPSA) is 25.8 Å². The molecule has 3 rings (SSSR count). The van der Waals surface area contributed by atoms with Gasteiger partial charge in [0.05, 0.1) is 4.88 Å². The van der Waals surface area contributed by atoms with Crippen LogP contribution in [-0.4, -0.2) is 9.97 Å². The lowest BCUT2D eigenvalue weighted by Crippen LogP contribution is -1.96. The molecule has 0 aliphatic heterocycles. The molecule has 0 unspecified atom stereocenters. The van der Waals surface area contributed by atoms with E-state index in [4.69, 9.17) is 11.6 Å². The van der Waals surface area contributed by atoms with Crippen LogP contribution in [0, 0.1) is 5.13 Å². The molecule has 1 aliphatic carbocycles. The summed E-state index contributed by atoms with van der Waals surface area (Å²) in [5, 5.41) is 0.293. The van der Waals surface area contributed by atoms with Gasteiger partial charge in [-0.1, -0.05) is 11.6 Å². The van der Waals surface area contributed by atoms with Crippen molar-refractivity contribution >= 4 is 22.9 Å². The van der Waals surface area contributed by atoms with Crippen molar-refractivity contribution in [1.82, 2.24) is 9.97 Å². The Labute approximate surface area is 101 Å². The zero-order valence-corrected chi connectivity index (χ0v) is 9.91. The van der Waals surface area contributed by atoms with Gasteiger partial charge in [-0.2, -0.15) is 4.39 Å². The summed E-state index contributed by atoms with van der Waals surface area (Å²) in [6.45, 7) is 0. The van der Waals surface area contributed by atoms with Gasteiger partial charge in [0.2, 0.25) is 0 Å². The van der Waals surface area contributed by atoms with E-state index in [-0.39, 0.29) is 5.13 Å². The van der Waals surface area contributed by atoms with Gasteiger partial charge in [0.15, 0.2) is 11.0 Å². The lowest BCUT2D eigenvalue weighted by atomic mass is 10.2. The van der Waals surface area contributed by atoms with E-state index in [1.807, 2.05) is 0 Å². The molecule has 0 spiro atoms. The second-order valence-electron chi connectivity index (χ2n) is 3.72. The second kappa shape index (κ2) is 3.79. The molecule has 0 aromatic carbocycles. The number of aryl methyl sites for hydroxylation is 1. The molecule has 0 saturated heterocycles. The van der Waals surface area contributed by atoms with Gasteiger partial charge in [-0.15, -0.1) is 11.3 Å². The molecule has 0 radical (unpaired) electrons. The maximum atomic E-state index is 12.9. The average Bonchev–Trinajstić information content (AvgIpc) is 2.85. The summed E-state index contributed by atoms with van der Waals surface area (Å²) in [7, 11) is 0. The molecule has 82 valence electrons. The number of hydrogen-bond donors (Lipinski definition) is 0. The highest BCUT2D eigenvalue weighted by Gasteiger charge is 2.19. The van der Waals surface area contributed by atoms with E-state index in [9.17, 15) is 4.39 Å². The highest BCUT2D eigenvalue weighted by atomic mass is 35.5.